The molecule has 0 unspecified atom stereocenters. The molecule has 30 heavy (non-hydrogen) atoms. The van der Waals surface area contributed by atoms with Crippen molar-refractivity contribution in [2.24, 2.45) is 0 Å². The second-order valence-electron chi connectivity index (χ2n) is 7.14. The van der Waals surface area contributed by atoms with Crippen LogP contribution in [0.2, 0.25) is 0 Å². The maximum Gasteiger partial charge on any atom is 0.135 e. The molecule has 0 amide bonds. The van der Waals surface area contributed by atoms with Crippen LogP contribution in [0.15, 0.2) is 73.1 Å². The summed E-state index contributed by atoms with van der Waals surface area (Å²) < 4.78 is 0. The molecule has 6 nitrogen and oxygen atoms in total. The van der Waals surface area contributed by atoms with Gasteiger partial charge in [-0.25, -0.2) is 9.97 Å². The summed E-state index contributed by atoms with van der Waals surface area (Å²) in [5.74, 6) is 1.59. The van der Waals surface area contributed by atoms with Gasteiger partial charge < -0.3 is 10.2 Å². The summed E-state index contributed by atoms with van der Waals surface area (Å²) in [5.41, 5.74) is 2.57. The van der Waals surface area contributed by atoms with Gasteiger partial charge in [0.05, 0.1) is 11.3 Å². The summed E-state index contributed by atoms with van der Waals surface area (Å²) in [6, 6.07) is 21.9. The van der Waals surface area contributed by atoms with Crippen LogP contribution in [0, 0.1) is 11.3 Å². The molecule has 0 radical (unpaired) electrons. The van der Waals surface area contributed by atoms with Crippen molar-refractivity contribution >= 4 is 23.4 Å². The Morgan fingerprint density at radius 1 is 0.967 bits per heavy atom. The molecule has 1 N–H and O–H groups in total. The minimum atomic E-state index is 0.592. The van der Waals surface area contributed by atoms with Gasteiger partial charge in [0, 0.05) is 38.8 Å². The Bertz CT molecular complexity index is 1030. The Balaban J connectivity index is 1.33. The number of nitriles is 1. The number of benzene rings is 2. The predicted octanol–water partition coefficient (Wildman–Crippen LogP) is 3.93. The van der Waals surface area contributed by atoms with Crippen molar-refractivity contribution in [2.75, 3.05) is 42.9 Å². The topological polar surface area (TPSA) is 68.1 Å². The fraction of sp³-hybridized carbons (Fsp3) is 0.208. The zero-order valence-electron chi connectivity index (χ0n) is 16.8. The molecule has 3 aromatic rings. The molecule has 0 bridgehead atoms. The van der Waals surface area contributed by atoms with Gasteiger partial charge in [-0.2, -0.15) is 5.26 Å². The maximum absolute atomic E-state index is 9.27. The lowest BCUT2D eigenvalue weighted by Crippen LogP contribution is -2.46. The van der Waals surface area contributed by atoms with E-state index in [1.807, 2.05) is 30.3 Å². The number of piperazine rings is 1. The van der Waals surface area contributed by atoms with E-state index in [4.69, 9.17) is 0 Å². The van der Waals surface area contributed by atoms with Crippen LogP contribution in [0.25, 0.3) is 6.08 Å². The molecule has 1 aromatic heterocycles. The summed E-state index contributed by atoms with van der Waals surface area (Å²) in [7, 11) is 0. The van der Waals surface area contributed by atoms with Gasteiger partial charge >= 0.3 is 0 Å². The number of para-hydroxylation sites is 1. The van der Waals surface area contributed by atoms with Crippen LogP contribution in [-0.2, 0) is 0 Å². The van der Waals surface area contributed by atoms with Gasteiger partial charge in [-0.15, -0.1) is 0 Å². The summed E-state index contributed by atoms with van der Waals surface area (Å²) in [6.07, 6.45) is 5.97. The van der Waals surface area contributed by atoms with Gasteiger partial charge in [-0.3, -0.25) is 4.90 Å². The lowest BCUT2D eigenvalue weighted by Gasteiger charge is -2.34. The number of aromatic nitrogens is 2. The molecular weight excluding hydrogens is 372 g/mol. The van der Waals surface area contributed by atoms with Crippen LogP contribution < -0.4 is 10.2 Å². The van der Waals surface area contributed by atoms with Crippen LogP contribution >= 0.6 is 0 Å². The zero-order chi connectivity index (χ0) is 20.6. The Kier molecular flexibility index (Phi) is 6.33. The first-order chi connectivity index (χ1) is 14.8. The first-order valence-electron chi connectivity index (χ1n) is 10.1. The van der Waals surface area contributed by atoms with Crippen LogP contribution in [0.4, 0.5) is 17.3 Å². The van der Waals surface area contributed by atoms with Gasteiger partial charge in [0.2, 0.25) is 0 Å². The number of rotatable bonds is 6. The highest BCUT2D eigenvalue weighted by atomic mass is 15.3. The molecule has 0 saturated carbocycles. The van der Waals surface area contributed by atoms with E-state index in [0.29, 0.717) is 11.4 Å². The fourth-order valence-corrected chi connectivity index (χ4v) is 3.48. The Morgan fingerprint density at radius 3 is 2.53 bits per heavy atom. The van der Waals surface area contributed by atoms with Gasteiger partial charge in [0.15, 0.2) is 0 Å². The van der Waals surface area contributed by atoms with E-state index in [2.05, 4.69) is 67.6 Å². The molecule has 2 aromatic carbocycles. The summed E-state index contributed by atoms with van der Waals surface area (Å²) in [6.45, 7) is 4.77. The minimum absolute atomic E-state index is 0.592. The van der Waals surface area contributed by atoms with E-state index in [-0.39, 0.29) is 0 Å². The Morgan fingerprint density at radius 2 is 1.73 bits per heavy atom. The predicted molar refractivity (Wildman–Crippen MR) is 121 cm³/mol. The zero-order valence-corrected chi connectivity index (χ0v) is 16.8. The van der Waals surface area contributed by atoms with Crippen LogP contribution in [0.5, 0.6) is 0 Å². The average Bonchev–Trinajstić information content (AvgIpc) is 2.81. The maximum atomic E-state index is 9.27. The van der Waals surface area contributed by atoms with Crippen LogP contribution in [0.1, 0.15) is 11.1 Å². The van der Waals surface area contributed by atoms with Gasteiger partial charge in [-0.05, 0) is 17.7 Å². The number of nitrogens with one attached hydrogen (secondary N) is 1. The van der Waals surface area contributed by atoms with E-state index in [0.717, 1.165) is 44.2 Å². The minimum Gasteiger partial charge on any atom is -0.354 e. The molecule has 150 valence electrons. The lowest BCUT2D eigenvalue weighted by molar-refractivity contribution is 0.283. The van der Waals surface area contributed by atoms with Crippen molar-refractivity contribution in [3.8, 4) is 6.07 Å². The molecule has 1 aliphatic rings. The highest BCUT2D eigenvalue weighted by Gasteiger charge is 2.17. The summed E-state index contributed by atoms with van der Waals surface area (Å²) >= 11 is 0. The second kappa shape index (κ2) is 9.68. The standard InChI is InChI=1S/C24H24N6/c25-18-21-10-4-5-11-22(21)28-23-17-24(27-19-26-23)30-15-13-29(14-16-30)12-6-9-20-7-2-1-3-8-20/h1-11,17,19H,12-16H2,(H,26,27,28)/b9-6+. The van der Waals surface area contributed by atoms with Crippen LogP contribution in [-0.4, -0.2) is 47.6 Å². The van der Waals surface area contributed by atoms with Crippen molar-refractivity contribution in [2.45, 2.75) is 0 Å². The van der Waals surface area contributed by atoms with Crippen molar-refractivity contribution in [1.82, 2.24) is 14.9 Å². The normalized spacial score (nSPS) is 14.6. The van der Waals surface area contributed by atoms with Crippen LogP contribution in [0.3, 0.4) is 0 Å². The molecule has 6 heteroatoms. The fourth-order valence-electron chi connectivity index (χ4n) is 3.48. The molecule has 1 fully saturated rings. The van der Waals surface area contributed by atoms with Crippen molar-refractivity contribution in [1.29, 1.82) is 5.26 Å². The largest absolute Gasteiger partial charge is 0.354 e. The summed E-state index contributed by atoms with van der Waals surface area (Å²) in [4.78, 5) is 13.5. The monoisotopic (exact) mass is 396 g/mol. The average molecular weight is 396 g/mol. The molecule has 1 aliphatic heterocycles. The first-order valence-corrected chi connectivity index (χ1v) is 10.1. The molecule has 1 saturated heterocycles. The number of anilines is 3. The van der Waals surface area contributed by atoms with Crippen molar-refractivity contribution < 1.29 is 0 Å². The Hall–Kier alpha value is -3.69. The summed E-state index contributed by atoms with van der Waals surface area (Å²) in [5, 5.41) is 12.5. The van der Waals surface area contributed by atoms with E-state index in [1.165, 1.54) is 5.56 Å². The van der Waals surface area contributed by atoms with Crippen molar-refractivity contribution in [3.63, 3.8) is 0 Å². The molecule has 4 rings (SSSR count). The van der Waals surface area contributed by atoms with Gasteiger partial charge in [-0.1, -0.05) is 54.6 Å². The molecule has 0 aliphatic carbocycles. The quantitative estimate of drug-likeness (QED) is 0.681. The molecular formula is C24H24N6. The van der Waals surface area contributed by atoms with E-state index in [9.17, 15) is 5.26 Å². The third-order valence-electron chi connectivity index (χ3n) is 5.13. The number of nitrogens with zero attached hydrogens (tertiary/aromatic N) is 5. The van der Waals surface area contributed by atoms with Gasteiger partial charge in [0.1, 0.15) is 24.0 Å². The third kappa shape index (κ3) is 5.02. The lowest BCUT2D eigenvalue weighted by atomic mass is 10.2. The SMILES string of the molecule is N#Cc1ccccc1Nc1cc(N2CCN(C/C=C/c3ccccc3)CC2)ncn1. The smallest absolute Gasteiger partial charge is 0.135 e. The number of hydrogen-bond donors (Lipinski definition) is 1. The first kappa shape index (κ1) is 19.6. The van der Waals surface area contributed by atoms with E-state index >= 15 is 0 Å². The second-order valence-corrected chi connectivity index (χ2v) is 7.14. The van der Waals surface area contributed by atoms with Crippen molar-refractivity contribution in [3.05, 3.63) is 84.2 Å². The highest BCUT2D eigenvalue weighted by molar-refractivity contribution is 5.65. The molecule has 0 atom stereocenters. The molecule has 2 heterocycles. The third-order valence-corrected chi connectivity index (χ3v) is 5.13. The highest BCUT2D eigenvalue weighted by Crippen LogP contribution is 2.22. The Labute approximate surface area is 177 Å². The number of hydrogen-bond acceptors (Lipinski definition) is 6. The molecule has 0 spiro atoms. The van der Waals surface area contributed by atoms with E-state index in [1.54, 1.807) is 12.4 Å². The van der Waals surface area contributed by atoms with Gasteiger partial charge in [0.25, 0.3) is 0 Å². The van der Waals surface area contributed by atoms with E-state index < -0.39 is 0 Å².